The number of anilines is 1. The lowest BCUT2D eigenvalue weighted by atomic mass is 10.1. The van der Waals surface area contributed by atoms with Gasteiger partial charge >= 0.3 is 0 Å². The van der Waals surface area contributed by atoms with Crippen molar-refractivity contribution >= 4 is 5.69 Å². The lowest BCUT2D eigenvalue weighted by Gasteiger charge is -2.36. The number of rotatable bonds is 5. The van der Waals surface area contributed by atoms with Gasteiger partial charge in [-0.25, -0.2) is 0 Å². The molecule has 0 saturated carbocycles. The van der Waals surface area contributed by atoms with Gasteiger partial charge in [0.15, 0.2) is 0 Å². The van der Waals surface area contributed by atoms with Gasteiger partial charge in [-0.1, -0.05) is 19.9 Å². The maximum atomic E-state index is 9.86. The Kier molecular flexibility index (Phi) is 4.66. The Labute approximate surface area is 115 Å². The molecule has 0 aromatic heterocycles. The van der Waals surface area contributed by atoms with Crippen molar-refractivity contribution in [2.75, 3.05) is 24.5 Å². The zero-order valence-electron chi connectivity index (χ0n) is 11.8. The van der Waals surface area contributed by atoms with Crippen LogP contribution in [-0.4, -0.2) is 30.8 Å². The second-order valence-electron chi connectivity index (χ2n) is 5.07. The van der Waals surface area contributed by atoms with Crippen LogP contribution < -0.4 is 15.4 Å². The van der Waals surface area contributed by atoms with Gasteiger partial charge in [0.1, 0.15) is 11.9 Å². The summed E-state index contributed by atoms with van der Waals surface area (Å²) in [6.45, 7) is 6.49. The van der Waals surface area contributed by atoms with Gasteiger partial charge < -0.3 is 20.5 Å². The number of aliphatic hydroxyl groups excluding tert-OH is 1. The predicted molar refractivity (Wildman–Crippen MR) is 77.7 cm³/mol. The highest BCUT2D eigenvalue weighted by Gasteiger charge is 2.24. The summed E-state index contributed by atoms with van der Waals surface area (Å²) < 4.78 is 5.97. The molecular weight excluding hydrogens is 240 g/mol. The number of nitrogens with two attached hydrogens (primary N) is 1. The molecule has 1 aliphatic rings. The largest absolute Gasteiger partial charge is 0.486 e. The average Bonchev–Trinajstić information content (AvgIpc) is 2.46. The number of nitrogens with zero attached hydrogens (tertiary/aromatic N) is 1. The van der Waals surface area contributed by atoms with Gasteiger partial charge in [0, 0.05) is 13.1 Å². The van der Waals surface area contributed by atoms with Crippen LogP contribution in [0.4, 0.5) is 5.69 Å². The molecule has 19 heavy (non-hydrogen) atoms. The summed E-state index contributed by atoms with van der Waals surface area (Å²) >= 11 is 0. The standard InChI is InChI=1S/C15H24N2O2/c1-3-7-17-10-12(4-2)19-15-6-5-11(8-13(15)17)14(18)9-16/h5-6,8,12,14,18H,3-4,7,9-10,16H2,1-2H3. The smallest absolute Gasteiger partial charge is 0.143 e. The van der Waals surface area contributed by atoms with Gasteiger partial charge in [-0.05, 0) is 30.5 Å². The Morgan fingerprint density at radius 1 is 1.47 bits per heavy atom. The molecule has 2 unspecified atom stereocenters. The first-order valence-electron chi connectivity index (χ1n) is 7.13. The van der Waals surface area contributed by atoms with E-state index < -0.39 is 6.10 Å². The highest BCUT2D eigenvalue weighted by atomic mass is 16.5. The van der Waals surface area contributed by atoms with Crippen LogP contribution in [0.2, 0.25) is 0 Å². The zero-order chi connectivity index (χ0) is 13.8. The first-order chi connectivity index (χ1) is 9.19. The van der Waals surface area contributed by atoms with E-state index in [-0.39, 0.29) is 12.6 Å². The number of fused-ring (bicyclic) bond motifs is 1. The van der Waals surface area contributed by atoms with Crippen LogP contribution >= 0.6 is 0 Å². The summed E-state index contributed by atoms with van der Waals surface area (Å²) in [4.78, 5) is 2.35. The molecule has 1 aromatic rings. The Bertz CT molecular complexity index is 423. The number of hydrogen-bond acceptors (Lipinski definition) is 4. The van der Waals surface area contributed by atoms with Gasteiger partial charge in [0.25, 0.3) is 0 Å². The fourth-order valence-electron chi connectivity index (χ4n) is 2.48. The minimum atomic E-state index is -0.599. The fourth-order valence-corrected chi connectivity index (χ4v) is 2.48. The maximum Gasteiger partial charge on any atom is 0.143 e. The normalized spacial score (nSPS) is 19.8. The fraction of sp³-hybridized carbons (Fsp3) is 0.600. The topological polar surface area (TPSA) is 58.7 Å². The summed E-state index contributed by atoms with van der Waals surface area (Å²) in [7, 11) is 0. The van der Waals surface area contributed by atoms with E-state index in [0.29, 0.717) is 0 Å². The summed E-state index contributed by atoms with van der Waals surface area (Å²) in [5.74, 6) is 0.916. The highest BCUT2D eigenvalue weighted by Crippen LogP contribution is 2.36. The van der Waals surface area contributed by atoms with Gasteiger partial charge in [-0.15, -0.1) is 0 Å². The lowest BCUT2D eigenvalue weighted by molar-refractivity contribution is 0.182. The predicted octanol–water partition coefficient (Wildman–Crippen LogP) is 2.07. The van der Waals surface area contributed by atoms with Crippen LogP contribution in [0.3, 0.4) is 0 Å². The Morgan fingerprint density at radius 2 is 2.26 bits per heavy atom. The van der Waals surface area contributed by atoms with Crippen LogP contribution in [-0.2, 0) is 0 Å². The van der Waals surface area contributed by atoms with Gasteiger partial charge in [-0.3, -0.25) is 0 Å². The molecule has 0 radical (unpaired) electrons. The van der Waals surface area contributed by atoms with E-state index in [1.807, 2.05) is 18.2 Å². The second kappa shape index (κ2) is 6.26. The van der Waals surface area contributed by atoms with Gasteiger partial charge in [0.2, 0.25) is 0 Å². The second-order valence-corrected chi connectivity index (χ2v) is 5.07. The molecular formula is C15H24N2O2. The molecule has 2 atom stereocenters. The summed E-state index contributed by atoms with van der Waals surface area (Å²) in [5, 5.41) is 9.86. The molecule has 0 bridgehead atoms. The third kappa shape index (κ3) is 3.01. The Morgan fingerprint density at radius 3 is 2.89 bits per heavy atom. The van der Waals surface area contributed by atoms with Crippen molar-refractivity contribution in [1.29, 1.82) is 0 Å². The van der Waals surface area contributed by atoms with Crippen molar-refractivity contribution in [2.45, 2.75) is 38.9 Å². The Hall–Kier alpha value is -1.26. The van der Waals surface area contributed by atoms with E-state index in [1.165, 1.54) is 0 Å². The number of hydrogen-bond donors (Lipinski definition) is 2. The quantitative estimate of drug-likeness (QED) is 0.854. The molecule has 0 amide bonds. The molecule has 106 valence electrons. The third-order valence-corrected chi connectivity index (χ3v) is 3.60. The molecule has 0 fully saturated rings. The van der Waals surface area contributed by atoms with Crippen molar-refractivity contribution in [3.8, 4) is 5.75 Å². The molecule has 1 heterocycles. The van der Waals surface area contributed by atoms with Crippen LogP contribution in [0.1, 0.15) is 38.4 Å². The first kappa shape index (κ1) is 14.2. The monoisotopic (exact) mass is 264 g/mol. The SMILES string of the molecule is CCCN1CC(CC)Oc2ccc(C(O)CN)cc21. The molecule has 3 N–H and O–H groups in total. The summed E-state index contributed by atoms with van der Waals surface area (Å²) in [6.07, 6.45) is 1.76. The van der Waals surface area contributed by atoms with Crippen molar-refractivity contribution in [2.24, 2.45) is 5.73 Å². The van der Waals surface area contributed by atoms with Crippen LogP contribution in [0.15, 0.2) is 18.2 Å². The molecule has 1 aliphatic heterocycles. The lowest BCUT2D eigenvalue weighted by Crippen LogP contribution is -2.40. The molecule has 2 rings (SSSR count). The Balaban J connectivity index is 2.31. The number of aliphatic hydroxyl groups is 1. The highest BCUT2D eigenvalue weighted by molar-refractivity contribution is 5.62. The summed E-state index contributed by atoms with van der Waals surface area (Å²) in [5.41, 5.74) is 7.46. The minimum absolute atomic E-state index is 0.241. The van der Waals surface area contributed by atoms with Gasteiger partial charge in [0.05, 0.1) is 18.3 Å². The third-order valence-electron chi connectivity index (χ3n) is 3.60. The maximum absolute atomic E-state index is 9.86. The molecule has 0 saturated heterocycles. The van der Waals surface area contributed by atoms with Crippen LogP contribution in [0, 0.1) is 0 Å². The van der Waals surface area contributed by atoms with E-state index in [2.05, 4.69) is 18.7 Å². The van der Waals surface area contributed by atoms with Crippen LogP contribution in [0.25, 0.3) is 0 Å². The average molecular weight is 264 g/mol. The first-order valence-corrected chi connectivity index (χ1v) is 7.13. The molecule has 4 heteroatoms. The number of ether oxygens (including phenoxy) is 1. The van der Waals surface area contributed by atoms with Gasteiger partial charge in [-0.2, -0.15) is 0 Å². The van der Waals surface area contributed by atoms with Crippen molar-refractivity contribution in [1.82, 2.24) is 0 Å². The zero-order valence-corrected chi connectivity index (χ0v) is 11.8. The van der Waals surface area contributed by atoms with E-state index in [1.54, 1.807) is 0 Å². The number of benzene rings is 1. The minimum Gasteiger partial charge on any atom is -0.486 e. The van der Waals surface area contributed by atoms with Crippen LogP contribution in [0.5, 0.6) is 5.75 Å². The van der Waals surface area contributed by atoms with E-state index in [9.17, 15) is 5.11 Å². The molecule has 0 spiro atoms. The van der Waals surface area contributed by atoms with E-state index >= 15 is 0 Å². The molecule has 1 aromatic carbocycles. The van der Waals surface area contributed by atoms with E-state index in [0.717, 1.165) is 42.9 Å². The van der Waals surface area contributed by atoms with Crippen molar-refractivity contribution in [3.63, 3.8) is 0 Å². The van der Waals surface area contributed by atoms with Crippen molar-refractivity contribution in [3.05, 3.63) is 23.8 Å². The molecule has 4 nitrogen and oxygen atoms in total. The van der Waals surface area contributed by atoms with Crippen molar-refractivity contribution < 1.29 is 9.84 Å². The summed E-state index contributed by atoms with van der Waals surface area (Å²) in [6, 6.07) is 5.86. The van der Waals surface area contributed by atoms with E-state index in [4.69, 9.17) is 10.5 Å². The molecule has 0 aliphatic carbocycles.